The lowest BCUT2D eigenvalue weighted by Crippen LogP contribution is -2.03. The standard InChI is InChI=1S/C11H10IN3O/c12-9-6-14-11(15-7-9)13-5-8-1-3-10(16)4-2-8/h1-4,6-7,16H,5H2,(H,13,14,15). The summed E-state index contributed by atoms with van der Waals surface area (Å²) >= 11 is 2.16. The molecular formula is C11H10IN3O. The van der Waals surface area contributed by atoms with Crippen LogP contribution >= 0.6 is 22.6 Å². The third kappa shape index (κ3) is 3.06. The van der Waals surface area contributed by atoms with Crippen molar-refractivity contribution in [2.45, 2.75) is 6.54 Å². The minimum Gasteiger partial charge on any atom is -0.508 e. The minimum absolute atomic E-state index is 0.272. The molecule has 1 heterocycles. The first kappa shape index (κ1) is 11.1. The monoisotopic (exact) mass is 327 g/mol. The second-order valence-electron chi connectivity index (χ2n) is 3.24. The van der Waals surface area contributed by atoms with E-state index in [4.69, 9.17) is 5.11 Å². The Labute approximate surface area is 107 Å². The molecule has 4 nitrogen and oxygen atoms in total. The number of nitrogens with one attached hydrogen (secondary N) is 1. The van der Waals surface area contributed by atoms with Gasteiger partial charge in [0.05, 0.1) is 0 Å². The quantitative estimate of drug-likeness (QED) is 0.850. The molecule has 0 radical (unpaired) electrons. The number of benzene rings is 1. The topological polar surface area (TPSA) is 58.0 Å². The molecule has 1 aromatic heterocycles. The molecule has 0 fully saturated rings. The lowest BCUT2D eigenvalue weighted by Gasteiger charge is -2.04. The number of anilines is 1. The Morgan fingerprint density at radius 1 is 1.12 bits per heavy atom. The van der Waals surface area contributed by atoms with Crippen molar-refractivity contribution in [3.63, 3.8) is 0 Å². The third-order valence-electron chi connectivity index (χ3n) is 2.01. The van der Waals surface area contributed by atoms with Gasteiger partial charge in [0.15, 0.2) is 0 Å². The van der Waals surface area contributed by atoms with E-state index in [1.54, 1.807) is 24.5 Å². The molecule has 2 aromatic rings. The summed E-state index contributed by atoms with van der Waals surface area (Å²) in [5.41, 5.74) is 1.07. The minimum atomic E-state index is 0.272. The lowest BCUT2D eigenvalue weighted by atomic mass is 10.2. The van der Waals surface area contributed by atoms with E-state index in [2.05, 4.69) is 37.9 Å². The molecule has 0 spiro atoms. The van der Waals surface area contributed by atoms with Gasteiger partial charge in [-0.05, 0) is 40.3 Å². The SMILES string of the molecule is Oc1ccc(CNc2ncc(I)cn2)cc1. The lowest BCUT2D eigenvalue weighted by molar-refractivity contribution is 0.475. The molecule has 5 heteroatoms. The van der Waals surface area contributed by atoms with Gasteiger partial charge in [-0.2, -0.15) is 0 Å². The van der Waals surface area contributed by atoms with E-state index in [1.807, 2.05) is 12.1 Å². The Hall–Kier alpha value is -1.37. The van der Waals surface area contributed by atoms with Gasteiger partial charge in [0.1, 0.15) is 5.75 Å². The Morgan fingerprint density at radius 2 is 1.75 bits per heavy atom. The smallest absolute Gasteiger partial charge is 0.222 e. The van der Waals surface area contributed by atoms with Crippen LogP contribution in [0.25, 0.3) is 0 Å². The van der Waals surface area contributed by atoms with Gasteiger partial charge in [0, 0.05) is 22.5 Å². The first-order chi connectivity index (χ1) is 7.74. The second-order valence-corrected chi connectivity index (χ2v) is 4.49. The average molecular weight is 327 g/mol. The summed E-state index contributed by atoms with van der Waals surface area (Å²) in [4.78, 5) is 8.26. The van der Waals surface area contributed by atoms with E-state index in [1.165, 1.54) is 0 Å². The van der Waals surface area contributed by atoms with Crippen LogP contribution in [0.3, 0.4) is 0 Å². The zero-order valence-electron chi connectivity index (χ0n) is 8.39. The van der Waals surface area contributed by atoms with Crippen LogP contribution in [-0.4, -0.2) is 15.1 Å². The predicted octanol–water partition coefficient (Wildman–Crippen LogP) is 2.40. The van der Waals surface area contributed by atoms with E-state index in [0.717, 1.165) is 9.13 Å². The first-order valence-corrected chi connectivity index (χ1v) is 5.81. The van der Waals surface area contributed by atoms with Crippen LogP contribution in [-0.2, 0) is 6.54 Å². The molecule has 16 heavy (non-hydrogen) atoms. The summed E-state index contributed by atoms with van der Waals surface area (Å²) < 4.78 is 1.01. The molecule has 0 unspecified atom stereocenters. The molecule has 0 bridgehead atoms. The fourth-order valence-corrected chi connectivity index (χ4v) is 1.48. The number of rotatable bonds is 3. The van der Waals surface area contributed by atoms with Crippen molar-refractivity contribution in [3.05, 3.63) is 45.8 Å². The van der Waals surface area contributed by atoms with Crippen LogP contribution in [0.1, 0.15) is 5.56 Å². The van der Waals surface area contributed by atoms with E-state index in [-0.39, 0.29) is 5.75 Å². The first-order valence-electron chi connectivity index (χ1n) is 4.73. The van der Waals surface area contributed by atoms with Crippen LogP contribution in [0.5, 0.6) is 5.75 Å². The van der Waals surface area contributed by atoms with E-state index < -0.39 is 0 Å². The largest absolute Gasteiger partial charge is 0.508 e. The number of halogens is 1. The maximum absolute atomic E-state index is 9.13. The second kappa shape index (κ2) is 5.11. The number of aromatic hydroxyl groups is 1. The highest BCUT2D eigenvalue weighted by Gasteiger charge is 1.96. The fourth-order valence-electron chi connectivity index (χ4n) is 1.20. The molecule has 82 valence electrons. The molecule has 0 amide bonds. The maximum atomic E-state index is 9.13. The average Bonchev–Trinajstić information content (AvgIpc) is 2.30. The molecular weight excluding hydrogens is 317 g/mol. The van der Waals surface area contributed by atoms with Crippen molar-refractivity contribution in [2.24, 2.45) is 0 Å². The Kier molecular flexibility index (Phi) is 3.55. The predicted molar refractivity (Wildman–Crippen MR) is 70.2 cm³/mol. The summed E-state index contributed by atoms with van der Waals surface area (Å²) in [7, 11) is 0. The summed E-state index contributed by atoms with van der Waals surface area (Å²) in [6.45, 7) is 0.640. The highest BCUT2D eigenvalue weighted by molar-refractivity contribution is 14.1. The molecule has 0 saturated heterocycles. The summed E-state index contributed by atoms with van der Waals surface area (Å²) in [6.07, 6.45) is 3.51. The summed E-state index contributed by atoms with van der Waals surface area (Å²) in [6, 6.07) is 7.03. The maximum Gasteiger partial charge on any atom is 0.222 e. The van der Waals surface area contributed by atoms with Crippen molar-refractivity contribution < 1.29 is 5.11 Å². The third-order valence-corrected chi connectivity index (χ3v) is 2.56. The van der Waals surface area contributed by atoms with Crippen molar-refractivity contribution >= 4 is 28.5 Å². The van der Waals surface area contributed by atoms with Crippen molar-refractivity contribution in [1.82, 2.24) is 9.97 Å². The van der Waals surface area contributed by atoms with E-state index in [9.17, 15) is 0 Å². The molecule has 0 aliphatic carbocycles. The normalized spacial score (nSPS) is 10.1. The number of aromatic nitrogens is 2. The highest BCUT2D eigenvalue weighted by atomic mass is 127. The van der Waals surface area contributed by atoms with Crippen LogP contribution in [0.4, 0.5) is 5.95 Å². The van der Waals surface area contributed by atoms with Crippen LogP contribution in [0.2, 0.25) is 0 Å². The molecule has 2 rings (SSSR count). The van der Waals surface area contributed by atoms with Crippen LogP contribution in [0, 0.1) is 3.57 Å². The summed E-state index contributed by atoms with van der Waals surface area (Å²) in [5.74, 6) is 0.878. The highest BCUT2D eigenvalue weighted by Crippen LogP contribution is 2.10. The molecule has 2 N–H and O–H groups in total. The van der Waals surface area contributed by atoms with E-state index in [0.29, 0.717) is 12.5 Å². The van der Waals surface area contributed by atoms with E-state index >= 15 is 0 Å². The van der Waals surface area contributed by atoms with Gasteiger partial charge in [-0.3, -0.25) is 0 Å². The fraction of sp³-hybridized carbons (Fsp3) is 0.0909. The number of nitrogens with zero attached hydrogens (tertiary/aromatic N) is 2. The Morgan fingerprint density at radius 3 is 2.38 bits per heavy atom. The van der Waals surface area contributed by atoms with Gasteiger partial charge >= 0.3 is 0 Å². The van der Waals surface area contributed by atoms with Crippen molar-refractivity contribution in [3.8, 4) is 5.75 Å². The van der Waals surface area contributed by atoms with Crippen LogP contribution < -0.4 is 5.32 Å². The molecule has 0 aliphatic rings. The number of phenols is 1. The Balaban J connectivity index is 1.97. The number of hydrogen-bond donors (Lipinski definition) is 2. The van der Waals surface area contributed by atoms with Gasteiger partial charge in [-0.25, -0.2) is 9.97 Å². The Bertz CT molecular complexity index is 410. The number of phenolic OH excluding ortho intramolecular Hbond substituents is 1. The van der Waals surface area contributed by atoms with Gasteiger partial charge in [0.25, 0.3) is 0 Å². The molecule has 0 atom stereocenters. The van der Waals surface area contributed by atoms with Crippen LogP contribution in [0.15, 0.2) is 36.7 Å². The van der Waals surface area contributed by atoms with Gasteiger partial charge in [-0.1, -0.05) is 12.1 Å². The molecule has 0 aliphatic heterocycles. The molecule has 0 saturated carbocycles. The van der Waals surface area contributed by atoms with Gasteiger partial charge in [-0.15, -0.1) is 0 Å². The van der Waals surface area contributed by atoms with Crippen molar-refractivity contribution in [2.75, 3.05) is 5.32 Å². The summed E-state index contributed by atoms with van der Waals surface area (Å²) in [5, 5.41) is 12.2. The zero-order valence-corrected chi connectivity index (χ0v) is 10.5. The number of hydrogen-bond acceptors (Lipinski definition) is 4. The zero-order chi connectivity index (χ0) is 11.4. The van der Waals surface area contributed by atoms with Crippen molar-refractivity contribution in [1.29, 1.82) is 0 Å². The molecule has 1 aromatic carbocycles. The van der Waals surface area contributed by atoms with Gasteiger partial charge in [0.2, 0.25) is 5.95 Å². The van der Waals surface area contributed by atoms with Gasteiger partial charge < -0.3 is 10.4 Å².